The zero-order valence-corrected chi connectivity index (χ0v) is 12.9. The Morgan fingerprint density at radius 2 is 2.14 bits per heavy atom. The van der Waals surface area contributed by atoms with Gasteiger partial charge in [-0.25, -0.2) is 0 Å². The van der Waals surface area contributed by atoms with Gasteiger partial charge in [-0.2, -0.15) is 0 Å². The van der Waals surface area contributed by atoms with Crippen molar-refractivity contribution in [2.75, 3.05) is 37.7 Å². The molecular formula is C16H23N5O. The van der Waals surface area contributed by atoms with E-state index in [1.165, 1.54) is 18.5 Å². The zero-order chi connectivity index (χ0) is 14.8. The monoisotopic (exact) mass is 301 g/mol. The summed E-state index contributed by atoms with van der Waals surface area (Å²) >= 11 is 0. The lowest BCUT2D eigenvalue weighted by atomic mass is 10.1. The molecule has 0 radical (unpaired) electrons. The second-order valence-electron chi connectivity index (χ2n) is 6.16. The third-order valence-corrected chi connectivity index (χ3v) is 4.63. The van der Waals surface area contributed by atoms with E-state index in [9.17, 15) is 0 Å². The third kappa shape index (κ3) is 2.80. The second-order valence-corrected chi connectivity index (χ2v) is 6.16. The van der Waals surface area contributed by atoms with Gasteiger partial charge in [-0.1, -0.05) is 0 Å². The minimum absolute atomic E-state index is 0.300. The van der Waals surface area contributed by atoms with Crippen LogP contribution >= 0.6 is 0 Å². The van der Waals surface area contributed by atoms with E-state index in [1.807, 2.05) is 0 Å². The molecule has 0 spiro atoms. The van der Waals surface area contributed by atoms with Crippen molar-refractivity contribution in [1.82, 2.24) is 19.9 Å². The van der Waals surface area contributed by atoms with E-state index in [0.29, 0.717) is 6.10 Å². The smallest absolute Gasteiger partial charge is 0.162 e. The Labute approximate surface area is 130 Å². The van der Waals surface area contributed by atoms with Gasteiger partial charge in [0.2, 0.25) is 0 Å². The maximum atomic E-state index is 5.82. The molecule has 0 aliphatic carbocycles. The Balaban J connectivity index is 1.54. The highest BCUT2D eigenvalue weighted by Gasteiger charge is 2.18. The van der Waals surface area contributed by atoms with Crippen molar-refractivity contribution in [3.05, 3.63) is 24.2 Å². The maximum absolute atomic E-state index is 5.82. The van der Waals surface area contributed by atoms with Crippen molar-refractivity contribution >= 4 is 11.3 Å². The average Bonchev–Trinajstić information content (AvgIpc) is 2.99. The SMILES string of the molecule is c1cn2c(CC3CCCCO3)nnc2cc1N1CCNCC1. The molecule has 1 unspecified atom stereocenters. The minimum atomic E-state index is 0.300. The maximum Gasteiger partial charge on any atom is 0.162 e. The molecule has 0 amide bonds. The topological polar surface area (TPSA) is 54.7 Å². The summed E-state index contributed by atoms with van der Waals surface area (Å²) in [7, 11) is 0. The van der Waals surface area contributed by atoms with E-state index in [-0.39, 0.29) is 0 Å². The molecule has 1 atom stereocenters. The van der Waals surface area contributed by atoms with Crippen LogP contribution in [-0.2, 0) is 11.2 Å². The number of pyridine rings is 1. The molecule has 118 valence electrons. The molecule has 2 fully saturated rings. The van der Waals surface area contributed by atoms with Crippen LogP contribution < -0.4 is 10.2 Å². The van der Waals surface area contributed by atoms with Crippen LogP contribution in [0.5, 0.6) is 0 Å². The van der Waals surface area contributed by atoms with Crippen molar-refractivity contribution in [1.29, 1.82) is 0 Å². The molecule has 4 rings (SSSR count). The van der Waals surface area contributed by atoms with Crippen LogP contribution in [0, 0.1) is 0 Å². The van der Waals surface area contributed by atoms with Crippen LogP contribution in [0.25, 0.3) is 5.65 Å². The van der Waals surface area contributed by atoms with E-state index in [1.54, 1.807) is 0 Å². The molecule has 2 aliphatic rings. The minimum Gasteiger partial charge on any atom is -0.378 e. The lowest BCUT2D eigenvalue weighted by Crippen LogP contribution is -2.43. The molecule has 22 heavy (non-hydrogen) atoms. The van der Waals surface area contributed by atoms with Crippen LogP contribution in [0.15, 0.2) is 18.3 Å². The quantitative estimate of drug-likeness (QED) is 0.925. The Kier molecular flexibility index (Phi) is 3.95. The van der Waals surface area contributed by atoms with Gasteiger partial charge in [-0.15, -0.1) is 10.2 Å². The number of hydrogen-bond acceptors (Lipinski definition) is 5. The summed E-state index contributed by atoms with van der Waals surface area (Å²) < 4.78 is 7.92. The largest absolute Gasteiger partial charge is 0.378 e. The summed E-state index contributed by atoms with van der Waals surface area (Å²) in [5.41, 5.74) is 2.17. The molecule has 0 aromatic carbocycles. The summed E-state index contributed by atoms with van der Waals surface area (Å²) in [6.45, 7) is 5.07. The number of nitrogens with one attached hydrogen (secondary N) is 1. The van der Waals surface area contributed by atoms with Crippen molar-refractivity contribution in [3.8, 4) is 0 Å². The van der Waals surface area contributed by atoms with Gasteiger partial charge in [0, 0.05) is 57.2 Å². The number of aromatic nitrogens is 3. The fourth-order valence-electron chi connectivity index (χ4n) is 3.36. The first-order valence-electron chi connectivity index (χ1n) is 8.31. The first kappa shape index (κ1) is 14.0. The lowest BCUT2D eigenvalue weighted by Gasteiger charge is -2.29. The van der Waals surface area contributed by atoms with Crippen LogP contribution in [0.2, 0.25) is 0 Å². The van der Waals surface area contributed by atoms with Crippen LogP contribution in [-0.4, -0.2) is 53.5 Å². The molecule has 0 saturated carbocycles. The van der Waals surface area contributed by atoms with Crippen molar-refractivity contribution < 1.29 is 4.74 Å². The predicted octanol–water partition coefficient (Wildman–Crippen LogP) is 1.25. The summed E-state index contributed by atoms with van der Waals surface area (Å²) in [4.78, 5) is 2.40. The fourth-order valence-corrected chi connectivity index (χ4v) is 3.36. The highest BCUT2D eigenvalue weighted by atomic mass is 16.5. The summed E-state index contributed by atoms with van der Waals surface area (Å²) in [6, 6.07) is 4.32. The molecule has 4 heterocycles. The van der Waals surface area contributed by atoms with Gasteiger partial charge in [0.15, 0.2) is 5.65 Å². The van der Waals surface area contributed by atoms with Gasteiger partial charge in [-0.3, -0.25) is 4.40 Å². The Morgan fingerprint density at radius 1 is 1.23 bits per heavy atom. The summed E-state index contributed by atoms with van der Waals surface area (Å²) in [6.07, 6.45) is 6.83. The molecule has 0 bridgehead atoms. The van der Waals surface area contributed by atoms with E-state index >= 15 is 0 Å². The first-order valence-corrected chi connectivity index (χ1v) is 8.31. The van der Waals surface area contributed by atoms with Gasteiger partial charge in [0.25, 0.3) is 0 Å². The normalized spacial score (nSPS) is 23.1. The molecule has 6 heteroatoms. The van der Waals surface area contributed by atoms with Crippen molar-refractivity contribution in [2.24, 2.45) is 0 Å². The average molecular weight is 301 g/mol. The molecule has 2 aliphatic heterocycles. The summed E-state index contributed by atoms with van der Waals surface area (Å²) in [5.74, 6) is 1.01. The van der Waals surface area contributed by atoms with Crippen molar-refractivity contribution in [2.45, 2.75) is 31.8 Å². The lowest BCUT2D eigenvalue weighted by molar-refractivity contribution is 0.0155. The van der Waals surface area contributed by atoms with Crippen LogP contribution in [0.1, 0.15) is 25.1 Å². The van der Waals surface area contributed by atoms with Gasteiger partial charge < -0.3 is 15.0 Å². The Morgan fingerprint density at radius 3 is 2.95 bits per heavy atom. The highest BCUT2D eigenvalue weighted by molar-refractivity contribution is 5.56. The predicted molar refractivity (Wildman–Crippen MR) is 85.4 cm³/mol. The number of piperazine rings is 1. The number of rotatable bonds is 3. The van der Waals surface area contributed by atoms with Crippen molar-refractivity contribution in [3.63, 3.8) is 0 Å². The van der Waals surface area contributed by atoms with Crippen LogP contribution in [0.3, 0.4) is 0 Å². The molecule has 2 aromatic heterocycles. The van der Waals surface area contributed by atoms with E-state index in [4.69, 9.17) is 4.74 Å². The number of hydrogen-bond donors (Lipinski definition) is 1. The van der Waals surface area contributed by atoms with Gasteiger partial charge in [0.1, 0.15) is 5.82 Å². The number of nitrogens with zero attached hydrogens (tertiary/aromatic N) is 4. The molecule has 2 aromatic rings. The van der Waals surface area contributed by atoms with Gasteiger partial charge >= 0.3 is 0 Å². The van der Waals surface area contributed by atoms with Crippen LogP contribution in [0.4, 0.5) is 5.69 Å². The number of ether oxygens (including phenoxy) is 1. The molecule has 6 nitrogen and oxygen atoms in total. The standard InChI is InChI=1S/C16H23N5O/c1-2-10-22-14(3-1)12-16-19-18-15-11-13(4-7-21(15)16)20-8-5-17-6-9-20/h4,7,11,14,17H,1-3,5-6,8-10,12H2. The van der Waals surface area contributed by atoms with Gasteiger partial charge in [0.05, 0.1) is 6.10 Å². The second kappa shape index (κ2) is 6.22. The molecular weight excluding hydrogens is 278 g/mol. The Bertz CT molecular complexity index is 628. The van der Waals surface area contributed by atoms with E-state index < -0.39 is 0 Å². The Hall–Kier alpha value is -1.66. The van der Waals surface area contributed by atoms with E-state index in [0.717, 1.165) is 57.1 Å². The van der Waals surface area contributed by atoms with E-state index in [2.05, 4.69) is 43.1 Å². The zero-order valence-electron chi connectivity index (χ0n) is 12.9. The molecule has 1 N–H and O–H groups in total. The summed E-state index contributed by atoms with van der Waals surface area (Å²) in [5, 5.41) is 12.1. The van der Waals surface area contributed by atoms with Gasteiger partial charge in [-0.05, 0) is 25.3 Å². The fraction of sp³-hybridized carbons (Fsp3) is 0.625. The number of anilines is 1. The first-order chi connectivity index (χ1) is 10.9. The highest BCUT2D eigenvalue weighted by Crippen LogP contribution is 2.20. The third-order valence-electron chi connectivity index (χ3n) is 4.63. The number of fused-ring (bicyclic) bond motifs is 1. The molecule has 2 saturated heterocycles.